The van der Waals surface area contributed by atoms with Crippen LogP contribution in [-0.4, -0.2) is 74.6 Å². The van der Waals surface area contributed by atoms with Gasteiger partial charge in [-0.15, -0.1) is 0 Å². The average molecular weight is 728 g/mol. The minimum absolute atomic E-state index is 0.0405. The number of aryl methyl sites for hydroxylation is 1. The zero-order chi connectivity index (χ0) is 37.3. The number of rotatable bonds is 17. The van der Waals surface area contributed by atoms with Crippen molar-refractivity contribution in [3.05, 3.63) is 136 Å². The topological polar surface area (TPSA) is 174 Å². The molecule has 2 aliphatic heterocycles. The third kappa shape index (κ3) is 9.04. The third-order valence-electron chi connectivity index (χ3n) is 9.59. The zero-order valence-electron chi connectivity index (χ0n) is 28.6. The molecule has 5 atom stereocenters. The number of amides is 3. The van der Waals surface area contributed by atoms with Gasteiger partial charge in [0.1, 0.15) is 37.4 Å². The highest BCUT2D eigenvalue weighted by atomic mass is 19.1. The molecule has 0 aliphatic carbocycles. The molecule has 276 valence electrons. The smallest absolute Gasteiger partial charge is 0.410 e. The molecule has 0 spiro atoms. The molecule has 14 nitrogen and oxygen atoms in total. The molecule has 2 aliphatic rings. The Kier molecular flexibility index (Phi) is 11.7. The summed E-state index contributed by atoms with van der Waals surface area (Å²) in [4.78, 5) is 68.8. The number of hydrogen-bond acceptors (Lipinski definition) is 10. The van der Waals surface area contributed by atoms with Crippen molar-refractivity contribution in [1.82, 2.24) is 20.4 Å². The molecule has 53 heavy (non-hydrogen) atoms. The SMILES string of the molecule is O=C(CC[C@H](Cc1ccccc1)C(C(=O)OCc1cccc(F)c1)N1C(=O)C(N2C(=O)OC[C@@H]2Cc2ccccc2)C1CCc1ccon1)N[N+](=O)[O-]. The summed E-state index contributed by atoms with van der Waals surface area (Å²) in [5.41, 5.74) is 4.34. The van der Waals surface area contributed by atoms with Gasteiger partial charge in [0.15, 0.2) is 5.03 Å². The fraction of sp³-hybridized carbons (Fsp3) is 0.342. The second kappa shape index (κ2) is 16.9. The molecule has 3 aromatic carbocycles. The molecule has 2 saturated heterocycles. The monoisotopic (exact) mass is 727 g/mol. The Hall–Kier alpha value is -6.12. The van der Waals surface area contributed by atoms with E-state index in [1.54, 1.807) is 29.7 Å². The van der Waals surface area contributed by atoms with Crippen molar-refractivity contribution in [3.63, 3.8) is 0 Å². The lowest BCUT2D eigenvalue weighted by Crippen LogP contribution is -2.76. The lowest BCUT2D eigenvalue weighted by atomic mass is 9.80. The summed E-state index contributed by atoms with van der Waals surface area (Å²) in [7, 11) is 0. The summed E-state index contributed by atoms with van der Waals surface area (Å²) < 4.78 is 30.3. The van der Waals surface area contributed by atoms with Crippen LogP contribution in [0, 0.1) is 21.8 Å². The zero-order valence-corrected chi connectivity index (χ0v) is 28.6. The van der Waals surface area contributed by atoms with Crippen LogP contribution in [0.3, 0.4) is 0 Å². The minimum Gasteiger partial charge on any atom is -0.459 e. The number of benzene rings is 3. The van der Waals surface area contributed by atoms with E-state index in [1.807, 2.05) is 48.5 Å². The highest BCUT2D eigenvalue weighted by Gasteiger charge is 2.59. The Labute approximate surface area is 303 Å². The molecule has 1 aromatic heterocycles. The van der Waals surface area contributed by atoms with Gasteiger partial charge in [-0.1, -0.05) is 83.4 Å². The van der Waals surface area contributed by atoms with Crippen LogP contribution < -0.4 is 5.43 Å². The molecule has 0 saturated carbocycles. The molecule has 3 unspecified atom stereocenters. The van der Waals surface area contributed by atoms with E-state index in [0.29, 0.717) is 24.1 Å². The number of cyclic esters (lactones) is 1. The van der Waals surface area contributed by atoms with Crippen LogP contribution in [0.5, 0.6) is 0 Å². The number of likely N-dealkylation sites (tertiary alicyclic amines) is 1. The van der Waals surface area contributed by atoms with Crippen LogP contribution in [0.25, 0.3) is 0 Å². The van der Waals surface area contributed by atoms with Crippen molar-refractivity contribution in [3.8, 4) is 0 Å². The van der Waals surface area contributed by atoms with Crippen molar-refractivity contribution in [1.29, 1.82) is 0 Å². The van der Waals surface area contributed by atoms with Gasteiger partial charge in [0.05, 0.1) is 17.8 Å². The third-order valence-corrected chi connectivity index (χ3v) is 9.59. The fourth-order valence-corrected chi connectivity index (χ4v) is 7.18. The number of carbonyl (C=O) groups is 4. The second-order valence-corrected chi connectivity index (χ2v) is 13.1. The molecule has 6 rings (SSSR count). The molecular formula is C38H38FN5O9. The predicted octanol–water partition coefficient (Wildman–Crippen LogP) is 4.45. The number of β-lactam (4-membered cyclic amide) rings is 1. The maximum absolute atomic E-state index is 14.6. The predicted molar refractivity (Wildman–Crippen MR) is 184 cm³/mol. The van der Waals surface area contributed by atoms with E-state index in [9.17, 15) is 33.7 Å². The molecule has 4 aromatic rings. The summed E-state index contributed by atoms with van der Waals surface area (Å²) in [5, 5.41) is 14.1. The first kappa shape index (κ1) is 36.7. The van der Waals surface area contributed by atoms with E-state index in [0.717, 1.165) is 11.1 Å². The summed E-state index contributed by atoms with van der Waals surface area (Å²) >= 11 is 0. The number of ether oxygens (including phenoxy) is 2. The molecule has 15 heteroatoms. The van der Waals surface area contributed by atoms with Crippen LogP contribution in [0.1, 0.15) is 41.6 Å². The van der Waals surface area contributed by atoms with E-state index in [4.69, 9.17) is 14.0 Å². The van der Waals surface area contributed by atoms with E-state index in [1.165, 1.54) is 34.3 Å². The standard InChI is InChI=1S/C38H38FN5O9/c39-29-13-7-12-27(21-29)23-51-37(47)34(28(14-17-33(45)40-44(49)50)20-25-8-3-1-4-9-25)43-32(16-15-30-18-19-53-41-30)35(36(43)46)42-31(24-52-38(42)48)22-26-10-5-2-6-11-26/h1-13,18-19,21,28,31-32,34-35H,14-17,20,22-24H2,(H,40,45)/t28-,31+,32?,34?,35?/m1/s1. The molecule has 2 fully saturated rings. The van der Waals surface area contributed by atoms with Gasteiger partial charge in [-0.2, -0.15) is 0 Å². The van der Waals surface area contributed by atoms with Crippen molar-refractivity contribution in [2.45, 2.75) is 69.3 Å². The Balaban J connectivity index is 1.36. The molecule has 3 heterocycles. The van der Waals surface area contributed by atoms with E-state index in [2.05, 4.69) is 5.16 Å². The van der Waals surface area contributed by atoms with Crippen LogP contribution in [0.2, 0.25) is 0 Å². The van der Waals surface area contributed by atoms with Gasteiger partial charge >= 0.3 is 12.1 Å². The number of nitro groups is 1. The molecule has 3 amide bonds. The summed E-state index contributed by atoms with van der Waals surface area (Å²) in [6.07, 6.45) is 1.60. The van der Waals surface area contributed by atoms with Crippen LogP contribution in [-0.2, 0) is 49.7 Å². The van der Waals surface area contributed by atoms with Gasteiger partial charge in [0.2, 0.25) is 5.91 Å². The minimum atomic E-state index is -1.30. The van der Waals surface area contributed by atoms with E-state index in [-0.39, 0.29) is 38.9 Å². The van der Waals surface area contributed by atoms with Crippen molar-refractivity contribution in [2.24, 2.45) is 5.92 Å². The van der Waals surface area contributed by atoms with Crippen LogP contribution in [0.15, 0.2) is 102 Å². The average Bonchev–Trinajstić information content (AvgIpc) is 3.80. The van der Waals surface area contributed by atoms with Gasteiger partial charge in [-0.25, -0.2) is 24.1 Å². The van der Waals surface area contributed by atoms with Gasteiger partial charge in [-0.05, 0) is 66.8 Å². The number of hydrazine groups is 1. The Morgan fingerprint density at radius 1 is 1.00 bits per heavy atom. The maximum atomic E-state index is 14.6. The summed E-state index contributed by atoms with van der Waals surface area (Å²) in [5.74, 6) is -3.51. The van der Waals surface area contributed by atoms with E-state index < -0.39 is 64.8 Å². The van der Waals surface area contributed by atoms with Crippen molar-refractivity contribution in [2.75, 3.05) is 6.61 Å². The number of hydrogen-bond donors (Lipinski definition) is 1. The lowest BCUT2D eigenvalue weighted by molar-refractivity contribution is -0.530. The Morgan fingerprint density at radius 3 is 2.40 bits per heavy atom. The van der Waals surface area contributed by atoms with E-state index >= 15 is 0 Å². The molecule has 0 radical (unpaired) electrons. The second-order valence-electron chi connectivity index (χ2n) is 13.1. The Morgan fingerprint density at radius 2 is 1.72 bits per heavy atom. The first-order valence-electron chi connectivity index (χ1n) is 17.3. The largest absolute Gasteiger partial charge is 0.459 e. The van der Waals surface area contributed by atoms with Crippen LogP contribution in [0.4, 0.5) is 9.18 Å². The normalized spacial score (nSPS) is 19.2. The first-order chi connectivity index (χ1) is 25.7. The molecule has 1 N–H and O–H groups in total. The van der Waals surface area contributed by atoms with Gasteiger partial charge < -0.3 is 18.9 Å². The quantitative estimate of drug-likeness (QED) is 0.0709. The van der Waals surface area contributed by atoms with Crippen molar-refractivity contribution >= 4 is 23.9 Å². The highest BCUT2D eigenvalue weighted by Crippen LogP contribution is 2.39. The lowest BCUT2D eigenvalue weighted by Gasteiger charge is -2.54. The highest BCUT2D eigenvalue weighted by molar-refractivity contribution is 5.96. The first-order valence-corrected chi connectivity index (χ1v) is 17.3. The summed E-state index contributed by atoms with van der Waals surface area (Å²) in [6, 6.07) is 22.3. The van der Waals surface area contributed by atoms with Crippen LogP contribution >= 0.6 is 0 Å². The molecule has 0 bridgehead atoms. The maximum Gasteiger partial charge on any atom is 0.410 e. The number of carbonyl (C=O) groups excluding carboxylic acids is 4. The number of halogens is 1. The van der Waals surface area contributed by atoms with Gasteiger partial charge in [-0.3, -0.25) is 14.5 Å². The number of esters is 1. The number of nitrogens with one attached hydrogen (secondary N) is 1. The van der Waals surface area contributed by atoms with Gasteiger partial charge in [0, 0.05) is 12.5 Å². The van der Waals surface area contributed by atoms with Crippen molar-refractivity contribution < 1.29 is 42.6 Å². The number of nitrogens with zero attached hydrogens (tertiary/aromatic N) is 4. The Bertz CT molecular complexity index is 1900. The van der Waals surface area contributed by atoms with Gasteiger partial charge in [0.25, 0.3) is 5.91 Å². The molecular weight excluding hydrogens is 689 g/mol. The number of aromatic nitrogens is 1. The summed E-state index contributed by atoms with van der Waals surface area (Å²) in [6.45, 7) is -0.242. The fourth-order valence-electron chi connectivity index (χ4n) is 7.18.